The van der Waals surface area contributed by atoms with Gasteiger partial charge in [-0.05, 0) is 143 Å². The molecule has 1 atom stereocenters. The number of piperidine rings is 2. The molecular formula is C48H52ClFN10O4. The van der Waals surface area contributed by atoms with E-state index in [1.165, 1.54) is 5.69 Å². The van der Waals surface area contributed by atoms with Crippen LogP contribution in [0.4, 0.5) is 44.6 Å². The van der Waals surface area contributed by atoms with Crippen LogP contribution in [0.15, 0.2) is 103 Å². The molecule has 64 heavy (non-hydrogen) atoms. The molecule has 3 heterocycles. The molecule has 4 amide bonds. The van der Waals surface area contributed by atoms with E-state index in [4.69, 9.17) is 11.6 Å². The molecule has 0 radical (unpaired) electrons. The van der Waals surface area contributed by atoms with Gasteiger partial charge in [0.1, 0.15) is 6.04 Å². The van der Waals surface area contributed by atoms with E-state index in [2.05, 4.69) is 70.8 Å². The van der Waals surface area contributed by atoms with Gasteiger partial charge in [-0.15, -0.1) is 0 Å². The Kier molecular flexibility index (Phi) is 14.0. The van der Waals surface area contributed by atoms with Crippen molar-refractivity contribution < 1.29 is 23.6 Å². The maximum absolute atomic E-state index is 14.7. The summed E-state index contributed by atoms with van der Waals surface area (Å²) in [6.07, 6.45) is 8.08. The summed E-state index contributed by atoms with van der Waals surface area (Å²) in [6.45, 7) is 3.06. The Morgan fingerprint density at radius 1 is 0.797 bits per heavy atom. The van der Waals surface area contributed by atoms with Crippen LogP contribution < -0.4 is 36.8 Å². The number of hydrogen-bond donors (Lipinski definition) is 6. The van der Waals surface area contributed by atoms with Crippen molar-refractivity contribution in [2.45, 2.75) is 69.5 Å². The third-order valence-corrected chi connectivity index (χ3v) is 12.6. The van der Waals surface area contributed by atoms with Gasteiger partial charge >= 0.3 is 0 Å². The Labute approximate surface area is 376 Å². The molecule has 8 rings (SSSR count). The van der Waals surface area contributed by atoms with E-state index in [0.29, 0.717) is 58.0 Å². The lowest BCUT2D eigenvalue weighted by molar-refractivity contribution is -0.133. The summed E-state index contributed by atoms with van der Waals surface area (Å²) < 4.78 is 14.7. The number of amides is 4. The van der Waals surface area contributed by atoms with Crippen molar-refractivity contribution in [1.82, 2.24) is 25.5 Å². The van der Waals surface area contributed by atoms with E-state index in [0.717, 1.165) is 70.0 Å². The first-order valence-corrected chi connectivity index (χ1v) is 22.2. The zero-order chi connectivity index (χ0) is 44.6. The number of carbonyl (C=O) groups is 4. The fourth-order valence-electron chi connectivity index (χ4n) is 8.61. The minimum absolute atomic E-state index is 0.0489. The lowest BCUT2D eigenvalue weighted by Crippen LogP contribution is -2.47. The monoisotopic (exact) mass is 886 g/mol. The SMILES string of the molecule is CN(CC1CCN(c2ccc(NC3CCC(=O)NC3=O)cc2)CC1)C1CCC(NC(=O)c2ccc(Nc3ncc(F)c(Nc4ccc(C(=O)Nc5ccccc5Cl)cc4)n3)cc2)CC1. The van der Waals surface area contributed by atoms with E-state index in [1.54, 1.807) is 72.8 Å². The van der Waals surface area contributed by atoms with Gasteiger partial charge in [0.25, 0.3) is 11.8 Å². The Morgan fingerprint density at radius 3 is 2.11 bits per heavy atom. The number of hydrogen-bond acceptors (Lipinski definition) is 11. The fraction of sp³-hybridized carbons (Fsp3) is 0.333. The number of aromatic nitrogens is 2. The molecule has 1 aliphatic carbocycles. The molecule has 16 heteroatoms. The minimum atomic E-state index is -0.653. The molecule has 5 aromatic rings. The lowest BCUT2D eigenvalue weighted by atomic mass is 9.88. The number of carbonyl (C=O) groups excluding carboxylic acids is 4. The normalized spacial score (nSPS) is 19.1. The summed E-state index contributed by atoms with van der Waals surface area (Å²) in [6, 6.07) is 28.9. The number of benzene rings is 4. The molecule has 1 unspecified atom stereocenters. The van der Waals surface area contributed by atoms with Crippen molar-refractivity contribution in [3.63, 3.8) is 0 Å². The maximum atomic E-state index is 14.7. The highest BCUT2D eigenvalue weighted by molar-refractivity contribution is 6.33. The number of anilines is 7. The highest BCUT2D eigenvalue weighted by Gasteiger charge is 2.29. The minimum Gasteiger partial charge on any atom is -0.374 e. The maximum Gasteiger partial charge on any atom is 0.255 e. The molecule has 3 aliphatic rings. The average molecular weight is 887 g/mol. The molecule has 2 saturated heterocycles. The number of nitrogens with zero attached hydrogens (tertiary/aromatic N) is 4. The molecule has 3 fully saturated rings. The zero-order valence-corrected chi connectivity index (χ0v) is 36.3. The van der Waals surface area contributed by atoms with E-state index >= 15 is 0 Å². The topological polar surface area (TPSA) is 173 Å². The summed E-state index contributed by atoms with van der Waals surface area (Å²) in [4.78, 5) is 62.9. The number of nitrogens with one attached hydrogen (secondary N) is 6. The predicted octanol–water partition coefficient (Wildman–Crippen LogP) is 8.12. The molecule has 0 spiro atoms. The molecule has 14 nitrogen and oxygen atoms in total. The van der Waals surface area contributed by atoms with Gasteiger partial charge in [0.05, 0.1) is 16.9 Å². The first kappa shape index (κ1) is 44.0. The fourth-order valence-corrected chi connectivity index (χ4v) is 8.79. The van der Waals surface area contributed by atoms with Crippen LogP contribution >= 0.6 is 11.6 Å². The van der Waals surface area contributed by atoms with Crippen LogP contribution in [0.1, 0.15) is 72.1 Å². The second-order valence-corrected chi connectivity index (χ2v) is 17.2. The van der Waals surface area contributed by atoms with Crippen LogP contribution in [0.25, 0.3) is 0 Å². The Morgan fingerprint density at radius 2 is 1.44 bits per heavy atom. The molecule has 4 aromatic carbocycles. The van der Waals surface area contributed by atoms with Gasteiger partial charge in [0.15, 0.2) is 11.6 Å². The predicted molar refractivity (Wildman–Crippen MR) is 248 cm³/mol. The van der Waals surface area contributed by atoms with Crippen LogP contribution in [0.3, 0.4) is 0 Å². The van der Waals surface area contributed by atoms with Gasteiger partial charge in [-0.1, -0.05) is 23.7 Å². The summed E-state index contributed by atoms with van der Waals surface area (Å²) in [5.74, 6) is -0.846. The number of rotatable bonds is 14. The van der Waals surface area contributed by atoms with E-state index in [1.807, 2.05) is 12.1 Å². The quantitative estimate of drug-likeness (QED) is 0.0595. The third kappa shape index (κ3) is 11.3. The van der Waals surface area contributed by atoms with Gasteiger partial charge in [-0.25, -0.2) is 9.37 Å². The highest BCUT2D eigenvalue weighted by Crippen LogP contribution is 2.29. The van der Waals surface area contributed by atoms with Gasteiger partial charge in [0, 0.05) is 72.0 Å². The smallest absolute Gasteiger partial charge is 0.255 e. The van der Waals surface area contributed by atoms with Crippen LogP contribution in [-0.2, 0) is 9.59 Å². The summed E-state index contributed by atoms with van der Waals surface area (Å²) in [7, 11) is 2.24. The van der Waals surface area contributed by atoms with Crippen molar-refractivity contribution in [2.75, 3.05) is 52.8 Å². The van der Waals surface area contributed by atoms with E-state index in [9.17, 15) is 23.6 Å². The van der Waals surface area contributed by atoms with Gasteiger partial charge in [-0.2, -0.15) is 4.98 Å². The second-order valence-electron chi connectivity index (χ2n) is 16.8. The largest absolute Gasteiger partial charge is 0.374 e. The standard InChI is InChI=1S/C48H52ClFN10O4/c1-59(29-30-24-26-60(27-25-30)38-20-16-33(17-21-38)52-42-22-23-43(61)57-47(42)64)37-18-14-35(15-19-37)54-45(62)31-8-12-36(13-9-31)55-48-51-28-40(50)44(58-48)53-34-10-6-32(7-11-34)46(63)56-41-5-3-2-4-39(41)49/h2-13,16-17,20-21,28,30,35,37,42,52H,14-15,18-19,22-27,29H2,1H3,(H,54,62)(H,56,63)(H,57,61,64)(H2,51,53,55,58). The molecule has 1 aromatic heterocycles. The molecule has 0 bridgehead atoms. The Hall–Kier alpha value is -6.58. The van der Waals surface area contributed by atoms with Gasteiger partial charge < -0.3 is 36.4 Å². The molecule has 332 valence electrons. The highest BCUT2D eigenvalue weighted by atomic mass is 35.5. The number of imide groups is 1. The van der Waals surface area contributed by atoms with Crippen LogP contribution in [0, 0.1) is 11.7 Å². The van der Waals surface area contributed by atoms with Crippen LogP contribution in [-0.4, -0.2) is 83.3 Å². The van der Waals surface area contributed by atoms with Gasteiger partial charge in [-0.3, -0.25) is 24.5 Å². The number of para-hydroxylation sites is 1. The average Bonchev–Trinajstić information content (AvgIpc) is 3.30. The molecule has 1 saturated carbocycles. The first-order valence-electron chi connectivity index (χ1n) is 21.8. The third-order valence-electron chi connectivity index (χ3n) is 12.3. The van der Waals surface area contributed by atoms with Crippen molar-refractivity contribution in [3.8, 4) is 0 Å². The zero-order valence-electron chi connectivity index (χ0n) is 35.6. The van der Waals surface area contributed by atoms with E-state index < -0.39 is 11.9 Å². The molecular weight excluding hydrogens is 835 g/mol. The summed E-state index contributed by atoms with van der Waals surface area (Å²) in [5, 5.41) is 18.1. The summed E-state index contributed by atoms with van der Waals surface area (Å²) in [5.41, 5.74) is 4.65. The lowest BCUT2D eigenvalue weighted by Gasteiger charge is -2.39. The van der Waals surface area contributed by atoms with Crippen LogP contribution in [0.2, 0.25) is 5.02 Å². The first-order chi connectivity index (χ1) is 31.0. The van der Waals surface area contributed by atoms with Crippen LogP contribution in [0.5, 0.6) is 0 Å². The van der Waals surface area contributed by atoms with Crippen molar-refractivity contribution in [3.05, 3.63) is 125 Å². The molecule has 6 N–H and O–H groups in total. The van der Waals surface area contributed by atoms with Crippen molar-refractivity contribution in [2.24, 2.45) is 5.92 Å². The molecule has 2 aliphatic heterocycles. The van der Waals surface area contributed by atoms with E-state index in [-0.39, 0.29) is 41.4 Å². The van der Waals surface area contributed by atoms with Crippen molar-refractivity contribution >= 4 is 75.4 Å². The van der Waals surface area contributed by atoms with Crippen molar-refractivity contribution in [1.29, 1.82) is 0 Å². The summed E-state index contributed by atoms with van der Waals surface area (Å²) >= 11 is 6.16. The Balaban J connectivity index is 0.743. The second kappa shape index (κ2) is 20.3. The Bertz CT molecular complexity index is 2440. The van der Waals surface area contributed by atoms with Gasteiger partial charge in [0.2, 0.25) is 17.8 Å². The number of halogens is 2.